The fourth-order valence-electron chi connectivity index (χ4n) is 1.02. The summed E-state index contributed by atoms with van der Waals surface area (Å²) >= 11 is 20.9. The molecule has 0 aliphatic rings. The van der Waals surface area contributed by atoms with E-state index >= 15 is 0 Å². The van der Waals surface area contributed by atoms with Crippen molar-refractivity contribution in [1.82, 2.24) is 0 Å². The number of benzene rings is 1. The van der Waals surface area contributed by atoms with Gasteiger partial charge in [-0.05, 0) is 23.7 Å². The molecule has 0 bridgehead atoms. The third-order valence-corrected chi connectivity index (χ3v) is 6.95. The van der Waals surface area contributed by atoms with Gasteiger partial charge in [0.15, 0.2) is 0 Å². The van der Waals surface area contributed by atoms with Crippen LogP contribution in [0.25, 0.3) is 0 Å². The Labute approximate surface area is 139 Å². The molecule has 0 fully saturated rings. The second-order valence-electron chi connectivity index (χ2n) is 3.39. The Morgan fingerprint density at radius 2 is 1.65 bits per heavy atom. The van der Waals surface area contributed by atoms with Gasteiger partial charge in [0.05, 0.1) is 5.69 Å². The molecule has 0 saturated carbocycles. The Kier molecular flexibility index (Phi) is 6.09. The zero-order chi connectivity index (χ0) is 15.6. The predicted molar refractivity (Wildman–Crippen MR) is 81.4 cm³/mol. The number of anilines is 1. The summed E-state index contributed by atoms with van der Waals surface area (Å²) < 4.78 is 47.5. The molecule has 0 aliphatic carbocycles. The largest absolute Gasteiger partial charge is 0.365 e. The van der Waals surface area contributed by atoms with Gasteiger partial charge in [0.25, 0.3) is 13.7 Å². The van der Waals surface area contributed by atoms with Crippen molar-refractivity contribution in [3.8, 4) is 0 Å². The number of rotatable bonds is 6. The quantitative estimate of drug-likeness (QED) is 0.512. The average molecular weight is 405 g/mol. The van der Waals surface area contributed by atoms with Crippen LogP contribution in [0, 0.1) is 0 Å². The molecule has 0 heterocycles. The van der Waals surface area contributed by atoms with E-state index in [-0.39, 0.29) is 17.6 Å². The molecule has 0 amide bonds. The lowest BCUT2D eigenvalue weighted by Crippen LogP contribution is -2.37. The number of hydrogen-bond donors (Lipinski definition) is 0. The predicted octanol–water partition coefficient (Wildman–Crippen LogP) is 4.63. The molecule has 0 saturated heterocycles. The van der Waals surface area contributed by atoms with Crippen molar-refractivity contribution in [3.63, 3.8) is 0 Å². The minimum absolute atomic E-state index is 0.0516. The van der Waals surface area contributed by atoms with Crippen LogP contribution in [0.15, 0.2) is 30.3 Å². The van der Waals surface area contributed by atoms with Crippen LogP contribution in [0.5, 0.6) is 0 Å². The molecule has 3 nitrogen and oxygen atoms in total. The third kappa shape index (κ3) is 4.42. The van der Waals surface area contributed by atoms with Crippen LogP contribution in [0.3, 0.4) is 0 Å². The normalized spacial score (nSPS) is 13.3. The third-order valence-electron chi connectivity index (χ3n) is 1.89. The van der Waals surface area contributed by atoms with E-state index in [0.29, 0.717) is 3.71 Å². The van der Waals surface area contributed by atoms with Crippen molar-refractivity contribution in [2.45, 2.75) is 9.05 Å². The highest BCUT2D eigenvalue weighted by molar-refractivity contribution is 8.17. The van der Waals surface area contributed by atoms with Gasteiger partial charge in [-0.15, -0.1) is 11.6 Å². The van der Waals surface area contributed by atoms with Gasteiger partial charge in [-0.1, -0.05) is 41.4 Å². The maximum atomic E-state index is 13.1. The fourth-order valence-corrected chi connectivity index (χ4v) is 4.27. The van der Waals surface area contributed by atoms with Gasteiger partial charge in [0.2, 0.25) is 0 Å². The molecule has 0 atom stereocenters. The zero-order valence-electron chi connectivity index (χ0n) is 9.44. The number of para-hydroxylation sites is 1. The van der Waals surface area contributed by atoms with E-state index in [1.54, 1.807) is 6.07 Å². The number of nitrogens with zero attached hydrogens (tertiary/aromatic N) is 1. The Bertz CT molecular complexity index is 551. The van der Waals surface area contributed by atoms with Crippen LogP contribution in [0.2, 0.25) is 0 Å². The summed E-state index contributed by atoms with van der Waals surface area (Å²) in [6.07, 6.45) is 0. The lowest BCUT2D eigenvalue weighted by molar-refractivity contribution is 0.103. The van der Waals surface area contributed by atoms with Gasteiger partial charge >= 0.3 is 5.38 Å². The van der Waals surface area contributed by atoms with E-state index < -0.39 is 24.3 Å². The molecule has 0 aromatic heterocycles. The molecule has 0 aliphatic heterocycles. The smallest absolute Gasteiger partial charge is 0.208 e. The maximum absolute atomic E-state index is 13.1. The van der Waals surface area contributed by atoms with Crippen molar-refractivity contribution < 1.29 is 17.2 Å². The van der Waals surface area contributed by atoms with Crippen molar-refractivity contribution in [3.05, 3.63) is 30.3 Å². The molecule has 11 heteroatoms. The first-order valence-corrected chi connectivity index (χ1v) is 8.84. The molecule has 1 rings (SSSR count). The molecular formula is C9H7Cl4F2NO2S2. The van der Waals surface area contributed by atoms with Crippen molar-refractivity contribution in [2.24, 2.45) is 0 Å². The SMILES string of the molecule is O=S(=O)(CCl)N(SC(Cl)(Cl)C(F)(F)Cl)c1ccccc1. The molecule has 0 radical (unpaired) electrons. The first kappa shape index (κ1) is 18.4. The van der Waals surface area contributed by atoms with Gasteiger partial charge in [-0.2, -0.15) is 8.78 Å². The molecular weight excluding hydrogens is 398 g/mol. The Morgan fingerprint density at radius 3 is 2.05 bits per heavy atom. The lowest BCUT2D eigenvalue weighted by Gasteiger charge is -2.30. The van der Waals surface area contributed by atoms with Crippen molar-refractivity contribution in [2.75, 3.05) is 8.92 Å². The number of hydrogen-bond acceptors (Lipinski definition) is 3. The van der Waals surface area contributed by atoms with Crippen LogP contribution in [-0.2, 0) is 10.0 Å². The van der Waals surface area contributed by atoms with Crippen LogP contribution >= 0.6 is 58.4 Å². The molecule has 1 aromatic rings. The van der Waals surface area contributed by atoms with Gasteiger partial charge in [-0.3, -0.25) is 0 Å². The standard InChI is InChI=1S/C9H7Cl4F2NO2S2/c10-6-20(17,18)16(7-4-2-1-3-5-7)19-8(11,12)9(13,14)15/h1-5H,6H2. The van der Waals surface area contributed by atoms with Crippen LogP contribution in [0.4, 0.5) is 14.5 Å². The second kappa shape index (κ2) is 6.62. The molecule has 0 spiro atoms. The minimum atomic E-state index is -4.11. The summed E-state index contributed by atoms with van der Waals surface area (Å²) in [6.45, 7) is 0. The van der Waals surface area contributed by atoms with E-state index in [1.807, 2.05) is 0 Å². The van der Waals surface area contributed by atoms with Crippen molar-refractivity contribution in [1.29, 1.82) is 0 Å². The number of alkyl halides is 6. The summed E-state index contributed by atoms with van der Waals surface area (Å²) in [7, 11) is -4.11. The zero-order valence-corrected chi connectivity index (χ0v) is 14.1. The molecule has 1 aromatic carbocycles. The van der Waals surface area contributed by atoms with Crippen LogP contribution in [-0.4, -0.2) is 22.7 Å². The Balaban J connectivity index is 3.22. The first-order valence-electron chi connectivity index (χ1n) is 4.79. The Hall–Kier alpha value is 0.340. The Morgan fingerprint density at radius 1 is 1.15 bits per heavy atom. The summed E-state index contributed by atoms with van der Waals surface area (Å²) in [5, 5.41) is -4.90. The van der Waals surface area contributed by atoms with E-state index in [9.17, 15) is 17.2 Å². The van der Waals surface area contributed by atoms with E-state index in [1.165, 1.54) is 24.3 Å². The van der Waals surface area contributed by atoms with Gasteiger partial charge in [0, 0.05) is 11.9 Å². The fraction of sp³-hybridized carbons (Fsp3) is 0.333. The highest BCUT2D eigenvalue weighted by atomic mass is 35.5. The highest BCUT2D eigenvalue weighted by Crippen LogP contribution is 2.52. The first-order chi connectivity index (χ1) is 9.01. The lowest BCUT2D eigenvalue weighted by atomic mass is 10.3. The van der Waals surface area contributed by atoms with Crippen molar-refractivity contribution >= 4 is 74.1 Å². The van der Waals surface area contributed by atoms with Crippen LogP contribution < -0.4 is 3.71 Å². The van der Waals surface area contributed by atoms with Gasteiger partial charge in [-0.25, -0.2) is 12.1 Å². The summed E-state index contributed by atoms with van der Waals surface area (Å²) in [5.41, 5.74) is 0.0599. The number of halogens is 6. The molecule has 114 valence electrons. The summed E-state index contributed by atoms with van der Waals surface area (Å²) in [4.78, 5) is 0. The van der Waals surface area contributed by atoms with E-state index in [2.05, 4.69) is 0 Å². The highest BCUT2D eigenvalue weighted by Gasteiger charge is 2.54. The summed E-state index contributed by atoms with van der Waals surface area (Å²) in [6, 6.07) is 7.37. The monoisotopic (exact) mass is 403 g/mol. The van der Waals surface area contributed by atoms with E-state index in [4.69, 9.17) is 46.4 Å². The summed E-state index contributed by atoms with van der Waals surface area (Å²) in [5.74, 6) is 0. The average Bonchev–Trinajstić information content (AvgIpc) is 2.35. The minimum Gasteiger partial charge on any atom is -0.208 e. The van der Waals surface area contributed by atoms with Gasteiger partial charge < -0.3 is 0 Å². The van der Waals surface area contributed by atoms with Crippen LogP contribution in [0.1, 0.15) is 0 Å². The maximum Gasteiger partial charge on any atom is 0.365 e. The van der Waals surface area contributed by atoms with Gasteiger partial charge in [0.1, 0.15) is 5.21 Å². The second-order valence-corrected chi connectivity index (χ2v) is 9.43. The molecule has 0 N–H and O–H groups in total. The molecule has 20 heavy (non-hydrogen) atoms. The molecule has 0 unspecified atom stereocenters. The topological polar surface area (TPSA) is 37.4 Å². The number of sulfonamides is 1. The van der Waals surface area contributed by atoms with E-state index in [0.717, 1.165) is 0 Å².